The second kappa shape index (κ2) is 6.68. The monoisotopic (exact) mass is 384 g/mol. The molecule has 1 aliphatic heterocycles. The van der Waals surface area contributed by atoms with Gasteiger partial charge >= 0.3 is 0 Å². The first-order valence-corrected chi connectivity index (χ1v) is 11.0. The van der Waals surface area contributed by atoms with Crippen molar-refractivity contribution in [2.24, 2.45) is 5.92 Å². The molecular formula is C21H24N2O3S. The van der Waals surface area contributed by atoms with E-state index in [-0.39, 0.29) is 22.8 Å². The Morgan fingerprint density at radius 2 is 1.93 bits per heavy atom. The highest BCUT2D eigenvalue weighted by atomic mass is 32.2. The molecule has 1 saturated carbocycles. The van der Waals surface area contributed by atoms with Gasteiger partial charge in [0, 0.05) is 17.6 Å². The Labute approximate surface area is 160 Å². The van der Waals surface area contributed by atoms with Crippen LogP contribution in [0.3, 0.4) is 0 Å². The maximum atomic E-state index is 12.9. The molecule has 0 bridgehead atoms. The molecule has 1 N–H and O–H groups in total. The van der Waals surface area contributed by atoms with E-state index in [1.165, 1.54) is 0 Å². The summed E-state index contributed by atoms with van der Waals surface area (Å²) in [4.78, 5) is 14.7. The Hall–Kier alpha value is -2.34. The molecule has 1 unspecified atom stereocenters. The summed E-state index contributed by atoms with van der Waals surface area (Å²) in [6.07, 6.45) is 3.36. The summed E-state index contributed by atoms with van der Waals surface area (Å²) in [6, 6.07) is 12.6. The van der Waals surface area contributed by atoms with Gasteiger partial charge in [-0.05, 0) is 68.0 Å². The number of rotatable bonds is 5. The van der Waals surface area contributed by atoms with Crippen LogP contribution < -0.4 is 9.62 Å². The van der Waals surface area contributed by atoms with E-state index in [9.17, 15) is 13.2 Å². The van der Waals surface area contributed by atoms with Crippen molar-refractivity contribution >= 4 is 27.3 Å². The first kappa shape index (κ1) is 18.0. The second-order valence-corrected chi connectivity index (χ2v) is 9.12. The van der Waals surface area contributed by atoms with Crippen LogP contribution in [0.1, 0.15) is 37.8 Å². The lowest BCUT2D eigenvalue weighted by Gasteiger charge is -2.22. The molecule has 0 aromatic heterocycles. The number of benzene rings is 2. The zero-order valence-electron chi connectivity index (χ0n) is 15.6. The minimum atomic E-state index is -3.68. The molecular weight excluding hydrogens is 360 g/mol. The van der Waals surface area contributed by atoms with Crippen molar-refractivity contribution in [1.29, 1.82) is 0 Å². The Morgan fingerprint density at radius 3 is 2.63 bits per heavy atom. The third kappa shape index (κ3) is 3.34. The molecule has 4 rings (SSSR count). The van der Waals surface area contributed by atoms with Gasteiger partial charge in [0.15, 0.2) is 0 Å². The SMILES string of the molecule is CCc1ccccc1NS(=O)(=O)c1ccc2c(c1)CC(C)N2C(=O)C1CC1. The molecule has 142 valence electrons. The molecule has 0 spiro atoms. The lowest BCUT2D eigenvalue weighted by Crippen LogP contribution is -2.36. The number of sulfonamides is 1. The van der Waals surface area contributed by atoms with Crippen molar-refractivity contribution in [2.45, 2.75) is 50.5 Å². The van der Waals surface area contributed by atoms with Crippen LogP contribution >= 0.6 is 0 Å². The molecule has 1 fully saturated rings. The number of anilines is 2. The van der Waals surface area contributed by atoms with Crippen LogP contribution in [0.4, 0.5) is 11.4 Å². The number of hydrogen-bond donors (Lipinski definition) is 1. The average molecular weight is 385 g/mol. The van der Waals surface area contributed by atoms with E-state index in [2.05, 4.69) is 4.72 Å². The molecule has 0 radical (unpaired) electrons. The number of fused-ring (bicyclic) bond motifs is 1. The topological polar surface area (TPSA) is 66.5 Å². The van der Waals surface area contributed by atoms with Gasteiger partial charge in [-0.1, -0.05) is 25.1 Å². The summed E-state index contributed by atoms with van der Waals surface area (Å²) in [6.45, 7) is 4.01. The standard InChI is InChI=1S/C21H24N2O3S/c1-3-15-6-4-5-7-19(15)22-27(25,26)18-10-11-20-17(13-18)12-14(2)23(20)21(24)16-8-9-16/h4-7,10-11,13-14,16,22H,3,8-9,12H2,1-2H3. The van der Waals surface area contributed by atoms with Crippen molar-refractivity contribution in [3.8, 4) is 0 Å². The van der Waals surface area contributed by atoms with Crippen molar-refractivity contribution in [3.05, 3.63) is 53.6 Å². The third-order valence-electron chi connectivity index (χ3n) is 5.38. The van der Waals surface area contributed by atoms with Gasteiger partial charge in [-0.15, -0.1) is 0 Å². The van der Waals surface area contributed by atoms with E-state index in [0.717, 1.165) is 36.1 Å². The fourth-order valence-electron chi connectivity index (χ4n) is 3.77. The van der Waals surface area contributed by atoms with Gasteiger partial charge in [-0.3, -0.25) is 9.52 Å². The van der Waals surface area contributed by atoms with Gasteiger partial charge in [0.1, 0.15) is 0 Å². The van der Waals surface area contributed by atoms with Crippen molar-refractivity contribution in [1.82, 2.24) is 0 Å². The molecule has 2 aromatic rings. The van der Waals surface area contributed by atoms with Crippen molar-refractivity contribution < 1.29 is 13.2 Å². The molecule has 1 heterocycles. The highest BCUT2D eigenvalue weighted by Gasteiger charge is 2.39. The summed E-state index contributed by atoms with van der Waals surface area (Å²) < 4.78 is 28.5. The third-order valence-corrected chi connectivity index (χ3v) is 6.75. The minimum Gasteiger partial charge on any atom is -0.309 e. The van der Waals surface area contributed by atoms with Gasteiger partial charge in [-0.2, -0.15) is 0 Å². The Morgan fingerprint density at radius 1 is 1.19 bits per heavy atom. The molecule has 2 aromatic carbocycles. The van der Waals surface area contributed by atoms with E-state index < -0.39 is 10.0 Å². The van der Waals surface area contributed by atoms with Crippen LogP contribution in [-0.4, -0.2) is 20.4 Å². The van der Waals surface area contributed by atoms with E-state index in [0.29, 0.717) is 12.1 Å². The number of carbonyl (C=O) groups is 1. The van der Waals surface area contributed by atoms with Crippen LogP contribution in [0.5, 0.6) is 0 Å². The maximum absolute atomic E-state index is 12.9. The number of carbonyl (C=O) groups excluding carboxylic acids is 1. The first-order chi connectivity index (χ1) is 12.9. The fraction of sp³-hybridized carbons (Fsp3) is 0.381. The molecule has 6 heteroatoms. The number of nitrogens with zero attached hydrogens (tertiary/aromatic N) is 1. The summed E-state index contributed by atoms with van der Waals surface area (Å²) >= 11 is 0. The van der Waals surface area contributed by atoms with Crippen molar-refractivity contribution in [3.63, 3.8) is 0 Å². The van der Waals surface area contributed by atoms with Crippen LogP contribution in [0, 0.1) is 5.92 Å². The van der Waals surface area contributed by atoms with Crippen LogP contribution in [-0.2, 0) is 27.7 Å². The molecule has 5 nitrogen and oxygen atoms in total. The number of amides is 1. The lowest BCUT2D eigenvalue weighted by molar-refractivity contribution is -0.120. The van der Waals surface area contributed by atoms with E-state index in [1.807, 2.05) is 36.9 Å². The van der Waals surface area contributed by atoms with E-state index in [4.69, 9.17) is 0 Å². The normalized spacial score (nSPS) is 19.0. The summed E-state index contributed by atoms with van der Waals surface area (Å²) in [7, 11) is -3.68. The van der Waals surface area contributed by atoms with Gasteiger partial charge in [0.25, 0.3) is 10.0 Å². The lowest BCUT2D eigenvalue weighted by atomic mass is 10.1. The summed E-state index contributed by atoms with van der Waals surface area (Å²) in [5.74, 6) is 0.320. The summed E-state index contributed by atoms with van der Waals surface area (Å²) in [5.41, 5.74) is 3.34. The number of hydrogen-bond acceptors (Lipinski definition) is 3. The van der Waals surface area contributed by atoms with Crippen LogP contribution in [0.15, 0.2) is 47.4 Å². The minimum absolute atomic E-state index is 0.0693. The van der Waals surface area contributed by atoms with Crippen LogP contribution in [0.2, 0.25) is 0 Å². The zero-order valence-corrected chi connectivity index (χ0v) is 16.4. The second-order valence-electron chi connectivity index (χ2n) is 7.44. The largest absolute Gasteiger partial charge is 0.309 e. The highest BCUT2D eigenvalue weighted by Crippen LogP contribution is 2.39. The Bertz CT molecular complexity index is 996. The maximum Gasteiger partial charge on any atom is 0.261 e. The Kier molecular flexibility index (Phi) is 4.46. The molecule has 2 aliphatic rings. The summed E-state index contributed by atoms with van der Waals surface area (Å²) in [5, 5.41) is 0. The molecule has 0 saturated heterocycles. The predicted octanol–water partition coefficient (Wildman–Crippen LogP) is 3.74. The predicted molar refractivity (Wildman–Crippen MR) is 106 cm³/mol. The van der Waals surface area contributed by atoms with Gasteiger partial charge in [0.05, 0.1) is 10.6 Å². The van der Waals surface area contributed by atoms with E-state index >= 15 is 0 Å². The number of aryl methyl sites for hydroxylation is 1. The highest BCUT2D eigenvalue weighted by molar-refractivity contribution is 7.92. The molecule has 1 amide bonds. The molecule has 1 aliphatic carbocycles. The first-order valence-electron chi connectivity index (χ1n) is 9.47. The van der Waals surface area contributed by atoms with Gasteiger partial charge in [0.2, 0.25) is 5.91 Å². The van der Waals surface area contributed by atoms with Crippen molar-refractivity contribution in [2.75, 3.05) is 9.62 Å². The average Bonchev–Trinajstić information content (AvgIpc) is 3.43. The fourth-order valence-corrected chi connectivity index (χ4v) is 4.92. The molecule has 1 atom stereocenters. The quantitative estimate of drug-likeness (QED) is 0.854. The van der Waals surface area contributed by atoms with Gasteiger partial charge in [-0.25, -0.2) is 8.42 Å². The molecule has 27 heavy (non-hydrogen) atoms. The van der Waals surface area contributed by atoms with Gasteiger partial charge < -0.3 is 4.90 Å². The number of para-hydroxylation sites is 1. The Balaban J connectivity index is 1.64. The number of nitrogens with one attached hydrogen (secondary N) is 1. The van der Waals surface area contributed by atoms with Crippen LogP contribution in [0.25, 0.3) is 0 Å². The zero-order chi connectivity index (χ0) is 19.2. The van der Waals surface area contributed by atoms with E-state index in [1.54, 1.807) is 24.3 Å². The smallest absolute Gasteiger partial charge is 0.261 e.